The lowest BCUT2D eigenvalue weighted by Gasteiger charge is -2.34. The molecule has 1 aliphatic heterocycles. The standard InChI is InChI=1S/C26H31N7O5S/c1-26(2,3)38-25(36)30-12-10-18(11-13-30)33-23(34)22-19(14-20(39-22)17-8-6-5-7-9-17)31(24(33)35)15-21-27-28-29-32(21)16-37-4/h5-9,14,18H,10-13,15-16H2,1-4H3. The summed E-state index contributed by atoms with van der Waals surface area (Å²) in [6.07, 6.45) is 0.521. The lowest BCUT2D eigenvalue weighted by atomic mass is 10.1. The molecule has 0 aliphatic carbocycles. The normalized spacial score (nSPS) is 14.7. The number of piperidine rings is 1. The van der Waals surface area contributed by atoms with Crippen molar-refractivity contribution in [1.29, 1.82) is 0 Å². The molecule has 1 fully saturated rings. The molecule has 1 saturated heterocycles. The highest BCUT2D eigenvalue weighted by atomic mass is 32.1. The number of carbonyl (C=O) groups is 1. The van der Waals surface area contributed by atoms with Crippen LogP contribution in [0.25, 0.3) is 20.7 Å². The molecule has 0 N–H and O–H groups in total. The van der Waals surface area contributed by atoms with E-state index in [1.807, 2.05) is 57.2 Å². The maximum atomic E-state index is 14.0. The van der Waals surface area contributed by atoms with E-state index >= 15 is 0 Å². The lowest BCUT2D eigenvalue weighted by Crippen LogP contribution is -2.47. The van der Waals surface area contributed by atoms with Crippen LogP contribution in [0, 0.1) is 0 Å². The largest absolute Gasteiger partial charge is 0.444 e. The van der Waals surface area contributed by atoms with Crippen molar-refractivity contribution < 1.29 is 14.3 Å². The molecule has 1 aromatic carbocycles. The molecule has 206 valence electrons. The molecular weight excluding hydrogens is 522 g/mol. The third-order valence-corrected chi connectivity index (χ3v) is 7.71. The van der Waals surface area contributed by atoms with Crippen molar-refractivity contribution in [1.82, 2.24) is 34.2 Å². The number of rotatable bonds is 6. The molecule has 3 aromatic heterocycles. The van der Waals surface area contributed by atoms with Gasteiger partial charge in [0.2, 0.25) is 0 Å². The summed E-state index contributed by atoms with van der Waals surface area (Å²) >= 11 is 1.36. The van der Waals surface area contributed by atoms with Gasteiger partial charge in [0.1, 0.15) is 17.0 Å². The predicted molar refractivity (Wildman–Crippen MR) is 146 cm³/mol. The van der Waals surface area contributed by atoms with E-state index in [2.05, 4.69) is 15.5 Å². The summed E-state index contributed by atoms with van der Waals surface area (Å²) in [4.78, 5) is 42.8. The first-order valence-electron chi connectivity index (χ1n) is 12.7. The Morgan fingerprint density at radius 1 is 1.13 bits per heavy atom. The summed E-state index contributed by atoms with van der Waals surface area (Å²) in [5, 5.41) is 11.8. The lowest BCUT2D eigenvalue weighted by molar-refractivity contribution is 0.0186. The molecule has 4 heterocycles. The minimum absolute atomic E-state index is 0.0632. The molecule has 0 radical (unpaired) electrons. The van der Waals surface area contributed by atoms with Gasteiger partial charge in [-0.2, -0.15) is 0 Å². The van der Waals surface area contributed by atoms with E-state index in [-0.39, 0.29) is 24.9 Å². The molecule has 1 amide bonds. The second-order valence-electron chi connectivity index (χ2n) is 10.4. The van der Waals surface area contributed by atoms with Crippen LogP contribution in [0.4, 0.5) is 4.79 Å². The highest BCUT2D eigenvalue weighted by molar-refractivity contribution is 7.22. The first-order chi connectivity index (χ1) is 18.7. The monoisotopic (exact) mass is 553 g/mol. The van der Waals surface area contributed by atoms with Crippen molar-refractivity contribution >= 4 is 27.6 Å². The Morgan fingerprint density at radius 3 is 2.51 bits per heavy atom. The fraction of sp³-hybridized carbons (Fsp3) is 0.462. The highest BCUT2D eigenvalue weighted by Gasteiger charge is 2.30. The topological polar surface area (TPSA) is 126 Å². The zero-order valence-electron chi connectivity index (χ0n) is 22.4. The van der Waals surface area contributed by atoms with Gasteiger partial charge >= 0.3 is 11.8 Å². The zero-order valence-corrected chi connectivity index (χ0v) is 23.2. The molecule has 0 atom stereocenters. The first-order valence-corrected chi connectivity index (χ1v) is 13.5. The van der Waals surface area contributed by atoms with Crippen LogP contribution in [0.1, 0.15) is 45.5 Å². The van der Waals surface area contributed by atoms with Crippen LogP contribution in [0.5, 0.6) is 0 Å². The van der Waals surface area contributed by atoms with Crippen molar-refractivity contribution in [2.45, 2.75) is 58.5 Å². The van der Waals surface area contributed by atoms with Gasteiger partial charge in [-0.25, -0.2) is 14.3 Å². The Labute approximate surface area is 228 Å². The molecule has 0 saturated carbocycles. The number of thiophene rings is 1. The number of amides is 1. The number of nitrogens with zero attached hydrogens (tertiary/aromatic N) is 7. The molecule has 5 rings (SSSR count). The highest BCUT2D eigenvalue weighted by Crippen LogP contribution is 2.32. The Morgan fingerprint density at radius 2 is 1.85 bits per heavy atom. The Hall–Kier alpha value is -3.84. The van der Waals surface area contributed by atoms with Crippen molar-refractivity contribution in [3.63, 3.8) is 0 Å². The van der Waals surface area contributed by atoms with E-state index in [4.69, 9.17) is 9.47 Å². The van der Waals surface area contributed by atoms with Crippen LogP contribution < -0.4 is 11.2 Å². The van der Waals surface area contributed by atoms with E-state index in [0.29, 0.717) is 42.0 Å². The van der Waals surface area contributed by atoms with Gasteiger partial charge in [-0.05, 0) is 55.7 Å². The molecule has 12 nitrogen and oxygen atoms in total. The van der Waals surface area contributed by atoms with Gasteiger partial charge < -0.3 is 14.4 Å². The number of carbonyl (C=O) groups excluding carboxylic acids is 1. The van der Waals surface area contributed by atoms with Gasteiger partial charge in [0.15, 0.2) is 5.82 Å². The number of fused-ring (bicyclic) bond motifs is 1. The van der Waals surface area contributed by atoms with Gasteiger partial charge in [-0.1, -0.05) is 30.3 Å². The van der Waals surface area contributed by atoms with Crippen LogP contribution in [-0.4, -0.2) is 66.1 Å². The molecule has 13 heteroatoms. The van der Waals surface area contributed by atoms with E-state index < -0.39 is 17.4 Å². The molecule has 0 spiro atoms. The number of aromatic nitrogens is 6. The van der Waals surface area contributed by atoms with Crippen LogP contribution >= 0.6 is 11.3 Å². The SMILES string of the molecule is COCn1nnnc1Cn1c(=O)n(C2CCN(C(=O)OC(C)(C)C)CC2)c(=O)c2sc(-c3ccccc3)cc21. The first kappa shape index (κ1) is 26.8. The maximum Gasteiger partial charge on any atom is 0.410 e. The van der Waals surface area contributed by atoms with Gasteiger partial charge in [0, 0.05) is 31.1 Å². The number of ether oxygens (including phenoxy) is 2. The van der Waals surface area contributed by atoms with Gasteiger partial charge in [-0.3, -0.25) is 13.9 Å². The zero-order chi connectivity index (χ0) is 27.7. The molecule has 1 aliphatic rings. The van der Waals surface area contributed by atoms with Gasteiger partial charge in [0.05, 0.1) is 12.1 Å². The Bertz CT molecular complexity index is 1590. The Balaban J connectivity index is 1.56. The molecular formula is C26H31N7O5S. The molecule has 0 unspecified atom stereocenters. The number of hydrogen-bond acceptors (Lipinski definition) is 9. The average molecular weight is 554 g/mol. The predicted octanol–water partition coefficient (Wildman–Crippen LogP) is 3.10. The number of benzene rings is 1. The van der Waals surface area contributed by atoms with Crippen LogP contribution in [0.3, 0.4) is 0 Å². The van der Waals surface area contributed by atoms with Gasteiger partial charge in [0.25, 0.3) is 5.56 Å². The third-order valence-electron chi connectivity index (χ3n) is 6.55. The summed E-state index contributed by atoms with van der Waals surface area (Å²) in [5.41, 5.74) is 0.123. The minimum Gasteiger partial charge on any atom is -0.444 e. The summed E-state index contributed by atoms with van der Waals surface area (Å²) < 4.78 is 15.5. The fourth-order valence-electron chi connectivity index (χ4n) is 4.72. The second-order valence-corrected chi connectivity index (χ2v) is 11.5. The van der Waals surface area contributed by atoms with E-state index in [1.54, 1.807) is 9.47 Å². The maximum absolute atomic E-state index is 14.0. The fourth-order valence-corrected chi connectivity index (χ4v) is 5.82. The molecule has 4 aromatic rings. The van der Waals surface area contributed by atoms with Crippen molar-refractivity contribution in [3.8, 4) is 10.4 Å². The summed E-state index contributed by atoms with van der Waals surface area (Å²) in [6.45, 7) is 6.42. The van der Waals surface area contributed by atoms with Crippen LogP contribution in [0.2, 0.25) is 0 Å². The summed E-state index contributed by atoms with van der Waals surface area (Å²) in [7, 11) is 1.53. The van der Waals surface area contributed by atoms with E-state index in [9.17, 15) is 14.4 Å². The smallest absolute Gasteiger partial charge is 0.410 e. The average Bonchev–Trinajstić information content (AvgIpc) is 3.54. The van der Waals surface area contributed by atoms with Crippen molar-refractivity contribution in [3.05, 3.63) is 63.1 Å². The number of likely N-dealkylation sites (tertiary alicyclic amines) is 1. The van der Waals surface area contributed by atoms with Crippen molar-refractivity contribution in [2.24, 2.45) is 0 Å². The minimum atomic E-state index is -0.600. The Kier molecular flexibility index (Phi) is 7.36. The van der Waals surface area contributed by atoms with E-state index in [1.165, 1.54) is 27.7 Å². The third kappa shape index (κ3) is 5.50. The quantitative estimate of drug-likeness (QED) is 0.357. The van der Waals surface area contributed by atoms with Crippen LogP contribution in [-0.2, 0) is 22.7 Å². The summed E-state index contributed by atoms with van der Waals surface area (Å²) in [5.74, 6) is 0.428. The van der Waals surface area contributed by atoms with Crippen molar-refractivity contribution in [2.75, 3.05) is 20.2 Å². The second kappa shape index (κ2) is 10.7. The number of tetrazole rings is 1. The van der Waals surface area contributed by atoms with Crippen LogP contribution in [0.15, 0.2) is 46.0 Å². The molecule has 39 heavy (non-hydrogen) atoms. The number of hydrogen-bond donors (Lipinski definition) is 0. The summed E-state index contributed by atoms with van der Waals surface area (Å²) in [6, 6.07) is 11.2. The van der Waals surface area contributed by atoms with Gasteiger partial charge in [-0.15, -0.1) is 16.4 Å². The van der Waals surface area contributed by atoms with E-state index in [0.717, 1.165) is 10.4 Å². The number of methoxy groups -OCH3 is 1. The molecule has 0 bridgehead atoms.